The van der Waals surface area contributed by atoms with Crippen molar-refractivity contribution in [3.63, 3.8) is 0 Å². The molecule has 0 aliphatic rings. The number of carboxylic acids is 1. The lowest BCUT2D eigenvalue weighted by atomic mass is 10.0. The molecule has 1 rings (SSSR count). The number of amides is 1. The molecular formula is C14H22N2O3. The van der Waals surface area contributed by atoms with Crippen LogP contribution in [-0.4, -0.2) is 27.6 Å². The van der Waals surface area contributed by atoms with Crippen molar-refractivity contribution in [3.05, 3.63) is 23.0 Å². The maximum Gasteiger partial charge on any atom is 0.303 e. The largest absolute Gasteiger partial charge is 0.481 e. The van der Waals surface area contributed by atoms with E-state index in [4.69, 9.17) is 5.11 Å². The quantitative estimate of drug-likeness (QED) is 0.820. The number of nitrogens with zero attached hydrogens (tertiary/aromatic N) is 1. The molecule has 0 aromatic carbocycles. The van der Waals surface area contributed by atoms with Gasteiger partial charge in [0, 0.05) is 37.8 Å². The molecule has 1 amide bonds. The van der Waals surface area contributed by atoms with Crippen LogP contribution in [0.4, 0.5) is 0 Å². The molecule has 1 atom stereocenters. The molecule has 106 valence electrons. The van der Waals surface area contributed by atoms with Gasteiger partial charge in [0.2, 0.25) is 5.91 Å². The number of carbonyl (C=O) groups excluding carboxylic acids is 1. The third-order valence-corrected chi connectivity index (χ3v) is 3.46. The van der Waals surface area contributed by atoms with E-state index >= 15 is 0 Å². The van der Waals surface area contributed by atoms with E-state index in [9.17, 15) is 9.59 Å². The van der Waals surface area contributed by atoms with Gasteiger partial charge in [-0.25, -0.2) is 0 Å². The Bertz CT molecular complexity index is 477. The van der Waals surface area contributed by atoms with Crippen LogP contribution in [0.25, 0.3) is 0 Å². The maximum absolute atomic E-state index is 11.2. The molecule has 5 heteroatoms. The first kappa shape index (κ1) is 15.3. The van der Waals surface area contributed by atoms with Crippen molar-refractivity contribution in [1.82, 2.24) is 9.88 Å². The van der Waals surface area contributed by atoms with Gasteiger partial charge in [0.1, 0.15) is 0 Å². The number of nitrogens with one attached hydrogen (secondary N) is 1. The van der Waals surface area contributed by atoms with Gasteiger partial charge in [0.25, 0.3) is 0 Å². The Morgan fingerprint density at radius 3 is 2.47 bits per heavy atom. The molecule has 0 aliphatic carbocycles. The zero-order valence-corrected chi connectivity index (χ0v) is 12.0. The summed E-state index contributed by atoms with van der Waals surface area (Å²) >= 11 is 0. The Morgan fingerprint density at radius 2 is 2.05 bits per heavy atom. The van der Waals surface area contributed by atoms with Gasteiger partial charge in [-0.1, -0.05) is 0 Å². The van der Waals surface area contributed by atoms with E-state index in [1.54, 1.807) is 0 Å². The summed E-state index contributed by atoms with van der Waals surface area (Å²) in [5, 5.41) is 11.6. The normalized spacial score (nSPS) is 12.2. The topological polar surface area (TPSA) is 71.3 Å². The maximum atomic E-state index is 11.2. The van der Waals surface area contributed by atoms with Gasteiger partial charge in [0.15, 0.2) is 0 Å². The summed E-state index contributed by atoms with van der Waals surface area (Å²) in [5.74, 6) is -0.961. The third kappa shape index (κ3) is 4.43. The SMILES string of the molecule is CC(=O)NC(CCC(=O)O)Cc1cc(C)n(C)c1C. The summed E-state index contributed by atoms with van der Waals surface area (Å²) in [7, 11) is 2.00. The smallest absolute Gasteiger partial charge is 0.303 e. The lowest BCUT2D eigenvalue weighted by Crippen LogP contribution is -2.35. The number of aromatic nitrogens is 1. The number of carbonyl (C=O) groups is 2. The van der Waals surface area contributed by atoms with Crippen LogP contribution in [0.15, 0.2) is 6.07 Å². The molecule has 1 aromatic heterocycles. The van der Waals surface area contributed by atoms with Crippen molar-refractivity contribution >= 4 is 11.9 Å². The minimum absolute atomic E-state index is 0.0653. The van der Waals surface area contributed by atoms with E-state index in [-0.39, 0.29) is 18.4 Å². The average Bonchev–Trinajstić information content (AvgIpc) is 2.53. The van der Waals surface area contributed by atoms with Gasteiger partial charge in [-0.15, -0.1) is 0 Å². The fraction of sp³-hybridized carbons (Fsp3) is 0.571. The first-order valence-electron chi connectivity index (χ1n) is 6.42. The molecule has 0 saturated carbocycles. The molecule has 1 heterocycles. The molecular weight excluding hydrogens is 244 g/mol. The number of rotatable bonds is 6. The summed E-state index contributed by atoms with van der Waals surface area (Å²) in [6.07, 6.45) is 1.18. The highest BCUT2D eigenvalue weighted by atomic mass is 16.4. The van der Waals surface area contributed by atoms with Crippen molar-refractivity contribution in [2.24, 2.45) is 7.05 Å². The summed E-state index contributed by atoms with van der Waals surface area (Å²) in [5.41, 5.74) is 3.47. The van der Waals surface area contributed by atoms with E-state index in [1.807, 2.05) is 20.9 Å². The highest BCUT2D eigenvalue weighted by molar-refractivity contribution is 5.73. The Hall–Kier alpha value is -1.78. The zero-order valence-electron chi connectivity index (χ0n) is 12.0. The van der Waals surface area contributed by atoms with Crippen LogP contribution in [0.5, 0.6) is 0 Å². The van der Waals surface area contributed by atoms with Crippen LogP contribution in [0.1, 0.15) is 36.7 Å². The number of hydrogen-bond donors (Lipinski definition) is 2. The first-order chi connectivity index (χ1) is 8.81. The van der Waals surface area contributed by atoms with Gasteiger partial charge in [-0.3, -0.25) is 9.59 Å². The van der Waals surface area contributed by atoms with E-state index in [0.717, 1.165) is 17.0 Å². The van der Waals surface area contributed by atoms with Crippen molar-refractivity contribution in [2.75, 3.05) is 0 Å². The van der Waals surface area contributed by atoms with Crippen LogP contribution in [-0.2, 0) is 23.1 Å². The van der Waals surface area contributed by atoms with Crippen LogP contribution < -0.4 is 5.32 Å². The van der Waals surface area contributed by atoms with Gasteiger partial charge in [-0.05, 0) is 38.3 Å². The van der Waals surface area contributed by atoms with Crippen LogP contribution in [0.2, 0.25) is 0 Å². The molecule has 0 fully saturated rings. The van der Waals surface area contributed by atoms with Crippen molar-refractivity contribution in [1.29, 1.82) is 0 Å². The molecule has 19 heavy (non-hydrogen) atoms. The molecule has 1 unspecified atom stereocenters. The average molecular weight is 266 g/mol. The Balaban J connectivity index is 2.77. The Morgan fingerprint density at radius 1 is 1.42 bits per heavy atom. The van der Waals surface area contributed by atoms with Crippen LogP contribution in [0.3, 0.4) is 0 Å². The minimum Gasteiger partial charge on any atom is -0.481 e. The molecule has 0 spiro atoms. The lowest BCUT2D eigenvalue weighted by molar-refractivity contribution is -0.137. The second-order valence-corrected chi connectivity index (χ2v) is 4.99. The second-order valence-electron chi connectivity index (χ2n) is 4.99. The molecule has 0 radical (unpaired) electrons. The summed E-state index contributed by atoms with van der Waals surface area (Å²) in [6, 6.07) is 1.96. The van der Waals surface area contributed by atoms with Crippen molar-refractivity contribution in [3.8, 4) is 0 Å². The predicted molar refractivity (Wildman–Crippen MR) is 73.1 cm³/mol. The predicted octanol–water partition coefficient (Wildman–Crippen LogP) is 1.55. The van der Waals surface area contributed by atoms with Gasteiger partial charge < -0.3 is 15.0 Å². The Kier molecular flexibility index (Phi) is 5.15. The van der Waals surface area contributed by atoms with Crippen LogP contribution >= 0.6 is 0 Å². The number of aliphatic carboxylic acids is 1. The first-order valence-corrected chi connectivity index (χ1v) is 6.42. The number of hydrogen-bond acceptors (Lipinski definition) is 2. The molecule has 0 aliphatic heterocycles. The summed E-state index contributed by atoms with van der Waals surface area (Å²) < 4.78 is 2.09. The van der Waals surface area contributed by atoms with Gasteiger partial charge in [-0.2, -0.15) is 0 Å². The van der Waals surface area contributed by atoms with E-state index < -0.39 is 5.97 Å². The zero-order chi connectivity index (χ0) is 14.6. The molecule has 1 aromatic rings. The lowest BCUT2D eigenvalue weighted by Gasteiger charge is -2.17. The fourth-order valence-electron chi connectivity index (χ4n) is 2.22. The van der Waals surface area contributed by atoms with E-state index in [1.165, 1.54) is 6.92 Å². The standard InChI is InChI=1S/C14H22N2O3/c1-9-7-12(10(2)16(9)4)8-13(15-11(3)17)5-6-14(18)19/h7,13H,5-6,8H2,1-4H3,(H,15,17)(H,18,19). The number of aryl methyl sites for hydroxylation is 1. The fourth-order valence-corrected chi connectivity index (χ4v) is 2.22. The molecule has 5 nitrogen and oxygen atoms in total. The second kappa shape index (κ2) is 6.41. The highest BCUT2D eigenvalue weighted by Gasteiger charge is 2.16. The summed E-state index contributed by atoms with van der Waals surface area (Å²) in [6.45, 7) is 5.52. The van der Waals surface area contributed by atoms with Gasteiger partial charge >= 0.3 is 5.97 Å². The monoisotopic (exact) mass is 266 g/mol. The summed E-state index contributed by atoms with van der Waals surface area (Å²) in [4.78, 5) is 21.8. The molecule has 0 bridgehead atoms. The minimum atomic E-state index is -0.837. The van der Waals surface area contributed by atoms with E-state index in [0.29, 0.717) is 12.8 Å². The Labute approximate surface area is 113 Å². The third-order valence-electron chi connectivity index (χ3n) is 3.46. The molecule has 0 saturated heterocycles. The van der Waals surface area contributed by atoms with Crippen molar-refractivity contribution < 1.29 is 14.7 Å². The highest BCUT2D eigenvalue weighted by Crippen LogP contribution is 2.16. The number of carboxylic acid groups (broad SMARTS) is 1. The molecule has 2 N–H and O–H groups in total. The van der Waals surface area contributed by atoms with Crippen LogP contribution in [0, 0.1) is 13.8 Å². The van der Waals surface area contributed by atoms with Crippen molar-refractivity contribution in [2.45, 2.75) is 46.1 Å². The van der Waals surface area contributed by atoms with Gasteiger partial charge in [0.05, 0.1) is 0 Å². The van der Waals surface area contributed by atoms with E-state index in [2.05, 4.69) is 16.0 Å².